The number of esters is 2. The highest BCUT2D eigenvalue weighted by atomic mass is 16.5. The first-order valence-electron chi connectivity index (χ1n) is 7.91. The Labute approximate surface area is 136 Å². The molecule has 23 heavy (non-hydrogen) atoms. The minimum absolute atomic E-state index is 0.0884. The maximum absolute atomic E-state index is 12.3. The monoisotopic (exact) mass is 320 g/mol. The molecule has 1 aromatic rings. The Morgan fingerprint density at radius 3 is 1.83 bits per heavy atom. The molecule has 0 heterocycles. The lowest BCUT2D eigenvalue weighted by atomic mass is 9.82. The number of rotatable bonds is 4. The van der Waals surface area contributed by atoms with Crippen LogP contribution < -0.4 is 9.47 Å². The molecule has 0 N–H and O–H groups in total. The fourth-order valence-electron chi connectivity index (χ4n) is 3.22. The predicted molar refractivity (Wildman–Crippen MR) is 85.6 cm³/mol. The van der Waals surface area contributed by atoms with Crippen molar-refractivity contribution >= 4 is 11.9 Å². The van der Waals surface area contributed by atoms with Gasteiger partial charge in [0.2, 0.25) is 0 Å². The third-order valence-electron chi connectivity index (χ3n) is 4.45. The number of ether oxygens (including phenoxy) is 3. The molecule has 0 spiro atoms. The van der Waals surface area contributed by atoms with Crippen LogP contribution in [0.2, 0.25) is 0 Å². The zero-order valence-corrected chi connectivity index (χ0v) is 14.2. The molecule has 126 valence electrons. The second-order valence-electron chi connectivity index (χ2n) is 6.08. The SMILES string of the molecule is COC(=O)C1CCC(C(=O)Oc2cc(C)c(OC)c(C)c2)CC1. The molecule has 0 bridgehead atoms. The van der Waals surface area contributed by atoms with Crippen molar-refractivity contribution in [1.29, 1.82) is 0 Å². The van der Waals surface area contributed by atoms with Gasteiger partial charge in [-0.25, -0.2) is 0 Å². The number of hydrogen-bond donors (Lipinski definition) is 0. The van der Waals surface area contributed by atoms with Gasteiger partial charge in [-0.3, -0.25) is 9.59 Å². The molecular formula is C18H24O5. The third kappa shape index (κ3) is 4.03. The zero-order valence-electron chi connectivity index (χ0n) is 14.2. The molecule has 1 fully saturated rings. The minimum Gasteiger partial charge on any atom is -0.496 e. The Hall–Kier alpha value is -2.04. The average molecular weight is 320 g/mol. The summed E-state index contributed by atoms with van der Waals surface area (Å²) in [5.41, 5.74) is 1.87. The number of carbonyl (C=O) groups is 2. The second kappa shape index (κ2) is 7.49. The zero-order chi connectivity index (χ0) is 17.0. The van der Waals surface area contributed by atoms with E-state index in [9.17, 15) is 9.59 Å². The minimum atomic E-state index is -0.225. The summed E-state index contributed by atoms with van der Waals surface area (Å²) in [7, 11) is 3.03. The summed E-state index contributed by atoms with van der Waals surface area (Å²) in [6.07, 6.45) is 2.67. The van der Waals surface area contributed by atoms with Crippen molar-refractivity contribution in [1.82, 2.24) is 0 Å². The lowest BCUT2D eigenvalue weighted by Gasteiger charge is -2.25. The quantitative estimate of drug-likeness (QED) is 0.630. The van der Waals surface area contributed by atoms with E-state index in [1.54, 1.807) is 7.11 Å². The first kappa shape index (κ1) is 17.3. The molecule has 0 aromatic heterocycles. The number of hydrogen-bond acceptors (Lipinski definition) is 5. The molecule has 1 aliphatic rings. The van der Waals surface area contributed by atoms with Crippen molar-refractivity contribution in [3.8, 4) is 11.5 Å². The highest BCUT2D eigenvalue weighted by Gasteiger charge is 2.31. The van der Waals surface area contributed by atoms with E-state index in [1.165, 1.54) is 7.11 Å². The Morgan fingerprint density at radius 2 is 1.39 bits per heavy atom. The van der Waals surface area contributed by atoms with Crippen LogP contribution in [0.15, 0.2) is 12.1 Å². The molecule has 1 aromatic carbocycles. The van der Waals surface area contributed by atoms with Gasteiger partial charge < -0.3 is 14.2 Å². The molecule has 1 saturated carbocycles. The van der Waals surface area contributed by atoms with Crippen LogP contribution in [-0.4, -0.2) is 26.2 Å². The van der Waals surface area contributed by atoms with Gasteiger partial charge in [-0.15, -0.1) is 0 Å². The number of aryl methyl sites for hydroxylation is 2. The van der Waals surface area contributed by atoms with Gasteiger partial charge in [-0.1, -0.05) is 0 Å². The van der Waals surface area contributed by atoms with Crippen LogP contribution in [0.25, 0.3) is 0 Å². The first-order chi connectivity index (χ1) is 11.0. The molecule has 2 rings (SSSR count). The van der Waals surface area contributed by atoms with Crippen molar-refractivity contribution in [2.75, 3.05) is 14.2 Å². The van der Waals surface area contributed by atoms with E-state index in [1.807, 2.05) is 26.0 Å². The van der Waals surface area contributed by atoms with E-state index in [-0.39, 0.29) is 23.8 Å². The molecule has 1 aliphatic carbocycles. The Kier molecular flexibility index (Phi) is 5.64. The molecule has 5 nitrogen and oxygen atoms in total. The van der Waals surface area contributed by atoms with Crippen molar-refractivity contribution in [3.05, 3.63) is 23.3 Å². The van der Waals surface area contributed by atoms with E-state index in [0.717, 1.165) is 16.9 Å². The number of benzene rings is 1. The molecule has 0 amide bonds. The summed E-state index contributed by atoms with van der Waals surface area (Å²) in [6, 6.07) is 3.62. The highest BCUT2D eigenvalue weighted by molar-refractivity contribution is 5.77. The molecule has 0 radical (unpaired) electrons. The van der Waals surface area contributed by atoms with E-state index in [2.05, 4.69) is 0 Å². The van der Waals surface area contributed by atoms with Crippen molar-refractivity contribution in [2.45, 2.75) is 39.5 Å². The Balaban J connectivity index is 1.97. The van der Waals surface area contributed by atoms with E-state index < -0.39 is 0 Å². The van der Waals surface area contributed by atoms with E-state index in [4.69, 9.17) is 14.2 Å². The molecular weight excluding hydrogens is 296 g/mol. The lowest BCUT2D eigenvalue weighted by Crippen LogP contribution is -2.29. The van der Waals surface area contributed by atoms with Crippen LogP contribution in [0, 0.1) is 25.7 Å². The van der Waals surface area contributed by atoms with Crippen LogP contribution in [0.4, 0.5) is 0 Å². The molecule has 0 atom stereocenters. The van der Waals surface area contributed by atoms with Crippen molar-refractivity contribution < 1.29 is 23.8 Å². The van der Waals surface area contributed by atoms with Crippen LogP contribution in [0.1, 0.15) is 36.8 Å². The summed E-state index contributed by atoms with van der Waals surface area (Å²) in [5.74, 6) is 0.702. The van der Waals surface area contributed by atoms with Gasteiger partial charge in [0, 0.05) is 0 Å². The summed E-state index contributed by atoms with van der Waals surface area (Å²) in [6.45, 7) is 3.84. The fourth-order valence-corrected chi connectivity index (χ4v) is 3.22. The molecule has 0 saturated heterocycles. The Bertz CT molecular complexity index is 562. The molecule has 0 aliphatic heterocycles. The van der Waals surface area contributed by atoms with Gasteiger partial charge in [0.1, 0.15) is 11.5 Å². The summed E-state index contributed by atoms with van der Waals surface area (Å²) in [5, 5.41) is 0. The number of carbonyl (C=O) groups excluding carboxylic acids is 2. The molecule has 0 unspecified atom stereocenters. The van der Waals surface area contributed by atoms with E-state index in [0.29, 0.717) is 31.4 Å². The van der Waals surface area contributed by atoms with Gasteiger partial charge in [0.15, 0.2) is 0 Å². The van der Waals surface area contributed by atoms with Crippen molar-refractivity contribution in [3.63, 3.8) is 0 Å². The van der Waals surface area contributed by atoms with Gasteiger partial charge in [-0.05, 0) is 62.8 Å². The summed E-state index contributed by atoms with van der Waals surface area (Å²) in [4.78, 5) is 23.8. The Morgan fingerprint density at radius 1 is 0.913 bits per heavy atom. The highest BCUT2D eigenvalue weighted by Crippen LogP contribution is 2.32. The second-order valence-corrected chi connectivity index (χ2v) is 6.08. The molecule has 5 heteroatoms. The van der Waals surface area contributed by atoms with Crippen LogP contribution in [-0.2, 0) is 14.3 Å². The fraction of sp³-hybridized carbons (Fsp3) is 0.556. The standard InChI is InChI=1S/C18H24O5/c1-11-9-15(10-12(2)16(11)21-3)23-18(20)14-7-5-13(6-8-14)17(19)22-4/h9-10,13-14H,5-8H2,1-4H3. The lowest BCUT2D eigenvalue weighted by molar-refractivity contribution is -0.149. The average Bonchev–Trinajstić information content (AvgIpc) is 2.54. The first-order valence-corrected chi connectivity index (χ1v) is 7.91. The van der Waals surface area contributed by atoms with Crippen LogP contribution in [0.3, 0.4) is 0 Å². The van der Waals surface area contributed by atoms with Gasteiger partial charge in [0.25, 0.3) is 0 Å². The van der Waals surface area contributed by atoms with Gasteiger partial charge in [-0.2, -0.15) is 0 Å². The van der Waals surface area contributed by atoms with Crippen molar-refractivity contribution in [2.24, 2.45) is 11.8 Å². The third-order valence-corrected chi connectivity index (χ3v) is 4.45. The van der Waals surface area contributed by atoms with Gasteiger partial charge >= 0.3 is 11.9 Å². The van der Waals surface area contributed by atoms with Crippen LogP contribution >= 0.6 is 0 Å². The van der Waals surface area contributed by atoms with E-state index >= 15 is 0 Å². The smallest absolute Gasteiger partial charge is 0.314 e. The van der Waals surface area contributed by atoms with Gasteiger partial charge in [0.05, 0.1) is 26.1 Å². The number of methoxy groups -OCH3 is 2. The summed E-state index contributed by atoms with van der Waals surface area (Å²) < 4.78 is 15.6. The normalized spacial score (nSPS) is 20.7. The predicted octanol–water partition coefficient (Wildman–Crippen LogP) is 3.20. The largest absolute Gasteiger partial charge is 0.496 e. The topological polar surface area (TPSA) is 61.8 Å². The maximum Gasteiger partial charge on any atom is 0.314 e. The summed E-state index contributed by atoms with van der Waals surface area (Å²) >= 11 is 0. The maximum atomic E-state index is 12.3. The van der Waals surface area contributed by atoms with Crippen LogP contribution in [0.5, 0.6) is 11.5 Å².